The largest absolute Gasteiger partial charge is 0.362 e. The first-order chi connectivity index (χ1) is 21.0. The molecule has 2 aliphatic rings. The number of nitrogens with one attached hydrogen (secondary N) is 1. The van der Waals surface area contributed by atoms with Gasteiger partial charge in [0.25, 0.3) is 5.56 Å². The van der Waals surface area contributed by atoms with Gasteiger partial charge in [-0.25, -0.2) is 9.97 Å². The topological polar surface area (TPSA) is 80.1 Å². The van der Waals surface area contributed by atoms with Gasteiger partial charge < -0.3 is 10.2 Å². The molecule has 228 valence electrons. The molecule has 1 aromatic carbocycles. The normalized spacial score (nSPS) is 22.9. The summed E-state index contributed by atoms with van der Waals surface area (Å²) in [4.78, 5) is 28.2. The highest BCUT2D eigenvalue weighted by molar-refractivity contribution is 7.85. The van der Waals surface area contributed by atoms with Crippen LogP contribution in [0.2, 0.25) is 0 Å². The molecular formula is C34H43N5O2S2. The van der Waals surface area contributed by atoms with Crippen LogP contribution in [0.25, 0.3) is 21.5 Å². The molecule has 5 heterocycles. The van der Waals surface area contributed by atoms with Gasteiger partial charge in [-0.15, -0.1) is 11.3 Å². The van der Waals surface area contributed by atoms with E-state index in [9.17, 15) is 9.00 Å². The van der Waals surface area contributed by atoms with Crippen LogP contribution < -0.4 is 10.9 Å². The van der Waals surface area contributed by atoms with Crippen LogP contribution in [0.1, 0.15) is 86.3 Å². The maximum Gasteiger partial charge on any atom is 0.255 e. The highest BCUT2D eigenvalue weighted by atomic mass is 32.2. The molecule has 1 fully saturated rings. The van der Waals surface area contributed by atoms with Crippen molar-refractivity contribution in [2.75, 3.05) is 30.4 Å². The summed E-state index contributed by atoms with van der Waals surface area (Å²) in [5.41, 5.74) is 4.26. The Bertz CT molecular complexity index is 1640. The van der Waals surface area contributed by atoms with Crippen LogP contribution in [0.15, 0.2) is 53.6 Å². The first-order valence-electron chi connectivity index (χ1n) is 15.8. The van der Waals surface area contributed by atoms with Gasteiger partial charge in [-0.1, -0.05) is 49.9 Å². The number of nitrogens with zero attached hydrogens (tertiary/aromatic N) is 4. The van der Waals surface area contributed by atoms with E-state index in [2.05, 4.69) is 65.6 Å². The van der Waals surface area contributed by atoms with E-state index in [-0.39, 0.29) is 17.5 Å². The molecule has 9 heteroatoms. The van der Waals surface area contributed by atoms with Gasteiger partial charge in [-0.3, -0.25) is 13.6 Å². The van der Waals surface area contributed by atoms with Crippen LogP contribution in [0.5, 0.6) is 0 Å². The Labute approximate surface area is 261 Å². The lowest BCUT2D eigenvalue weighted by molar-refractivity contribution is 0.316. The molecule has 1 saturated heterocycles. The highest BCUT2D eigenvalue weighted by Gasteiger charge is 2.25. The van der Waals surface area contributed by atoms with Gasteiger partial charge in [0.05, 0.1) is 11.4 Å². The number of pyridine rings is 1. The summed E-state index contributed by atoms with van der Waals surface area (Å²) in [7, 11) is 1.45. The minimum atomic E-state index is -0.776. The van der Waals surface area contributed by atoms with E-state index < -0.39 is 10.8 Å². The second-order valence-corrected chi connectivity index (χ2v) is 15.0. The number of rotatable bonds is 1. The third-order valence-corrected chi connectivity index (χ3v) is 11.7. The predicted octanol–water partition coefficient (Wildman–Crippen LogP) is 7.11. The molecule has 43 heavy (non-hydrogen) atoms. The Morgan fingerprint density at radius 1 is 0.953 bits per heavy atom. The van der Waals surface area contributed by atoms with Gasteiger partial charge in [0, 0.05) is 50.7 Å². The average molecular weight is 618 g/mol. The van der Waals surface area contributed by atoms with Gasteiger partial charge >= 0.3 is 0 Å². The van der Waals surface area contributed by atoms with E-state index in [4.69, 9.17) is 4.98 Å². The molecule has 1 N–H and O–H groups in total. The SMILES string of the molecule is CC1Nc2ncnc3c2cc(C2CCS(=O)CC2)c(=O)n3CCCCCCCCN(C)Cc2ccccc2-c2ccc1s2. The number of hydrogen-bond donors (Lipinski definition) is 1. The Balaban J connectivity index is 1.38. The fraction of sp³-hybridized carbons (Fsp3) is 0.500. The van der Waals surface area contributed by atoms with Crippen molar-refractivity contribution in [1.29, 1.82) is 0 Å². The van der Waals surface area contributed by atoms with E-state index in [0.29, 0.717) is 23.7 Å². The molecular weight excluding hydrogens is 575 g/mol. The number of thiophene rings is 1. The molecule has 2 aliphatic heterocycles. The third-order valence-electron chi connectivity index (χ3n) is 9.04. The van der Waals surface area contributed by atoms with E-state index in [1.807, 2.05) is 22.0 Å². The summed E-state index contributed by atoms with van der Waals surface area (Å²) in [6.07, 6.45) is 10.0. The maximum atomic E-state index is 13.9. The van der Waals surface area contributed by atoms with Crippen molar-refractivity contribution in [2.24, 2.45) is 0 Å². The molecule has 0 spiro atoms. The molecule has 6 rings (SSSR count). The average Bonchev–Trinajstić information content (AvgIpc) is 3.50. The smallest absolute Gasteiger partial charge is 0.255 e. The molecule has 1 unspecified atom stereocenters. The second kappa shape index (κ2) is 13.8. The van der Waals surface area contributed by atoms with Crippen LogP contribution >= 0.6 is 11.3 Å². The van der Waals surface area contributed by atoms with E-state index >= 15 is 0 Å². The van der Waals surface area contributed by atoms with Crippen molar-refractivity contribution in [2.45, 2.75) is 83.3 Å². The van der Waals surface area contributed by atoms with E-state index in [0.717, 1.165) is 55.5 Å². The van der Waals surface area contributed by atoms with Crippen molar-refractivity contribution in [3.8, 4) is 10.4 Å². The van der Waals surface area contributed by atoms with Crippen molar-refractivity contribution >= 4 is 39.0 Å². The first-order valence-corrected chi connectivity index (χ1v) is 18.1. The quantitative estimate of drug-likeness (QED) is 0.245. The number of aromatic nitrogens is 3. The molecule has 0 aliphatic carbocycles. The van der Waals surface area contributed by atoms with E-state index in [1.54, 1.807) is 6.33 Å². The van der Waals surface area contributed by atoms with Gasteiger partial charge in [0.1, 0.15) is 17.8 Å². The zero-order valence-corrected chi connectivity index (χ0v) is 27.0. The van der Waals surface area contributed by atoms with Gasteiger partial charge in [0.2, 0.25) is 0 Å². The molecule has 0 amide bonds. The Morgan fingerprint density at radius 3 is 2.51 bits per heavy atom. The van der Waals surface area contributed by atoms with Crippen LogP contribution in [-0.4, -0.2) is 48.7 Å². The Kier molecular flexibility index (Phi) is 9.70. The lowest BCUT2D eigenvalue weighted by atomic mass is 9.93. The molecule has 1 atom stereocenters. The van der Waals surface area contributed by atoms with Crippen LogP contribution in [-0.2, 0) is 23.9 Å². The fourth-order valence-electron chi connectivity index (χ4n) is 6.56. The molecule has 6 bridgehead atoms. The second-order valence-electron chi connectivity index (χ2n) is 12.2. The molecule has 4 aromatic rings. The lowest BCUT2D eigenvalue weighted by Crippen LogP contribution is -2.29. The van der Waals surface area contributed by atoms with Crippen molar-refractivity contribution in [3.05, 3.63) is 75.1 Å². The number of anilines is 1. The van der Waals surface area contributed by atoms with Gasteiger partial charge in [-0.2, -0.15) is 0 Å². The van der Waals surface area contributed by atoms with Gasteiger partial charge in [0.15, 0.2) is 0 Å². The Hall–Kier alpha value is -2.88. The van der Waals surface area contributed by atoms with Crippen LogP contribution in [0, 0.1) is 0 Å². The minimum Gasteiger partial charge on any atom is -0.362 e. The minimum absolute atomic E-state index is 0.0294. The number of aryl methyl sites for hydroxylation is 1. The maximum absolute atomic E-state index is 13.9. The molecule has 3 aromatic heterocycles. The van der Waals surface area contributed by atoms with E-state index in [1.165, 1.54) is 46.6 Å². The number of fused-ring (bicyclic) bond motifs is 4. The Morgan fingerprint density at radius 2 is 1.70 bits per heavy atom. The molecule has 7 nitrogen and oxygen atoms in total. The zero-order chi connectivity index (χ0) is 29.8. The lowest BCUT2D eigenvalue weighted by Gasteiger charge is -2.23. The van der Waals surface area contributed by atoms with Crippen molar-refractivity contribution < 1.29 is 4.21 Å². The summed E-state index contributed by atoms with van der Waals surface area (Å²) >= 11 is 1.82. The van der Waals surface area contributed by atoms with Crippen molar-refractivity contribution in [1.82, 2.24) is 19.4 Å². The monoisotopic (exact) mass is 617 g/mol. The predicted molar refractivity (Wildman–Crippen MR) is 179 cm³/mol. The molecule has 0 saturated carbocycles. The number of hydrogen-bond acceptors (Lipinski definition) is 7. The third kappa shape index (κ3) is 6.94. The summed E-state index contributed by atoms with van der Waals surface area (Å²) in [6.45, 7) is 4.86. The zero-order valence-electron chi connectivity index (χ0n) is 25.4. The highest BCUT2D eigenvalue weighted by Crippen LogP contribution is 2.36. The molecule has 0 radical (unpaired) electrons. The van der Waals surface area contributed by atoms with Gasteiger partial charge in [-0.05, 0) is 81.4 Å². The fourth-order valence-corrected chi connectivity index (χ4v) is 8.93. The van der Waals surface area contributed by atoms with Crippen molar-refractivity contribution in [3.63, 3.8) is 0 Å². The van der Waals surface area contributed by atoms with Crippen LogP contribution in [0.3, 0.4) is 0 Å². The summed E-state index contributed by atoms with van der Waals surface area (Å²) in [5, 5.41) is 4.57. The standard InChI is InChI=1S/C34H43N5O2S2/c1-24-30-13-14-31(42-30)27-12-8-7-11-26(27)22-38(2)17-9-5-3-4-6-10-18-39-33-29(32(37-24)35-23-36-33)21-28(34(39)40)25-15-19-43(41)20-16-25/h7-8,11-14,21,23-25H,3-6,9-10,15-20,22H2,1-2H3,(H,35,36,37). The first kappa shape index (κ1) is 30.2. The summed E-state index contributed by atoms with van der Waals surface area (Å²) < 4.78 is 14.0. The van der Waals surface area contributed by atoms with Crippen LogP contribution in [0.4, 0.5) is 5.82 Å². The summed E-state index contributed by atoms with van der Waals surface area (Å²) in [6, 6.07) is 15.3. The number of benzene rings is 1. The summed E-state index contributed by atoms with van der Waals surface area (Å²) in [5.74, 6) is 2.21.